The van der Waals surface area contributed by atoms with E-state index in [0.717, 1.165) is 17.1 Å². The minimum atomic E-state index is -0.536. The molecule has 120 valence electrons. The normalized spacial score (nSPS) is 13.2. The number of amides is 5. The van der Waals surface area contributed by atoms with Crippen LogP contribution in [-0.4, -0.2) is 67.2 Å². The standard InChI is InChI=1S/C12H17N5O5/c13-5-8(18)15-7-10(20)16-6-9(19)14-3-4-17-11(21)1-2-12(17)22/h1-2H,3-7,13H2,(H,14,19)(H,15,18)(H,16,20). The number of hydrogen-bond acceptors (Lipinski definition) is 6. The van der Waals surface area contributed by atoms with Crippen molar-refractivity contribution in [2.24, 2.45) is 5.73 Å². The molecule has 0 aromatic carbocycles. The lowest BCUT2D eigenvalue weighted by Crippen LogP contribution is -2.44. The Morgan fingerprint density at radius 1 is 0.909 bits per heavy atom. The SMILES string of the molecule is NCC(=O)NCC(=O)NCC(=O)NCCN1C(=O)C=CC1=O. The van der Waals surface area contributed by atoms with Gasteiger partial charge in [-0.3, -0.25) is 28.9 Å². The number of nitrogens with zero attached hydrogens (tertiary/aromatic N) is 1. The summed E-state index contributed by atoms with van der Waals surface area (Å²) in [6.45, 7) is -0.644. The molecule has 0 atom stereocenters. The van der Waals surface area contributed by atoms with Gasteiger partial charge in [0.2, 0.25) is 17.7 Å². The number of carbonyl (C=O) groups excluding carboxylic acids is 5. The number of imide groups is 1. The van der Waals surface area contributed by atoms with Gasteiger partial charge in [0.15, 0.2) is 0 Å². The first-order valence-corrected chi connectivity index (χ1v) is 6.47. The molecule has 5 amide bonds. The lowest BCUT2D eigenvalue weighted by Gasteiger charge is -2.14. The van der Waals surface area contributed by atoms with E-state index >= 15 is 0 Å². The van der Waals surface area contributed by atoms with Crippen LogP contribution in [0.1, 0.15) is 0 Å². The summed E-state index contributed by atoms with van der Waals surface area (Å²) < 4.78 is 0. The van der Waals surface area contributed by atoms with E-state index in [9.17, 15) is 24.0 Å². The van der Waals surface area contributed by atoms with Crippen molar-refractivity contribution in [1.29, 1.82) is 0 Å². The van der Waals surface area contributed by atoms with E-state index in [-0.39, 0.29) is 32.7 Å². The van der Waals surface area contributed by atoms with E-state index in [0.29, 0.717) is 0 Å². The summed E-state index contributed by atoms with van der Waals surface area (Å²) >= 11 is 0. The van der Waals surface area contributed by atoms with Crippen LogP contribution in [0.3, 0.4) is 0 Å². The Morgan fingerprint density at radius 2 is 1.41 bits per heavy atom. The highest BCUT2D eigenvalue weighted by atomic mass is 16.2. The molecule has 10 nitrogen and oxygen atoms in total. The molecule has 1 heterocycles. The maximum atomic E-state index is 11.4. The van der Waals surface area contributed by atoms with Crippen molar-refractivity contribution < 1.29 is 24.0 Å². The quantitative estimate of drug-likeness (QED) is 0.338. The van der Waals surface area contributed by atoms with Gasteiger partial charge in [-0.25, -0.2) is 0 Å². The Morgan fingerprint density at radius 3 is 1.95 bits per heavy atom. The smallest absolute Gasteiger partial charge is 0.253 e. The van der Waals surface area contributed by atoms with E-state index in [1.165, 1.54) is 0 Å². The van der Waals surface area contributed by atoms with Crippen LogP contribution in [0.25, 0.3) is 0 Å². The fourth-order valence-corrected chi connectivity index (χ4v) is 1.51. The summed E-state index contributed by atoms with van der Waals surface area (Å²) in [6.07, 6.45) is 2.31. The molecular weight excluding hydrogens is 294 g/mol. The van der Waals surface area contributed by atoms with Crippen molar-refractivity contribution >= 4 is 29.5 Å². The maximum Gasteiger partial charge on any atom is 0.253 e. The van der Waals surface area contributed by atoms with Gasteiger partial charge in [-0.2, -0.15) is 0 Å². The first kappa shape index (κ1) is 17.3. The summed E-state index contributed by atoms with van der Waals surface area (Å²) in [5, 5.41) is 6.99. The molecule has 0 aromatic rings. The van der Waals surface area contributed by atoms with Crippen LogP contribution in [0.2, 0.25) is 0 Å². The maximum absolute atomic E-state index is 11.4. The molecule has 0 saturated carbocycles. The molecule has 0 radical (unpaired) electrons. The number of nitrogens with two attached hydrogens (primary N) is 1. The molecule has 0 aromatic heterocycles. The average molecular weight is 311 g/mol. The first-order valence-electron chi connectivity index (χ1n) is 6.47. The highest BCUT2D eigenvalue weighted by molar-refractivity contribution is 6.12. The molecule has 10 heteroatoms. The Bertz CT molecular complexity index is 498. The van der Waals surface area contributed by atoms with Crippen molar-refractivity contribution in [2.75, 3.05) is 32.7 Å². The largest absolute Gasteiger partial charge is 0.353 e. The third kappa shape index (κ3) is 5.71. The molecular formula is C12H17N5O5. The second kappa shape index (κ2) is 8.52. The van der Waals surface area contributed by atoms with Gasteiger partial charge in [0.05, 0.1) is 19.6 Å². The molecule has 22 heavy (non-hydrogen) atoms. The molecule has 1 aliphatic heterocycles. The van der Waals surface area contributed by atoms with Crippen LogP contribution in [-0.2, 0) is 24.0 Å². The van der Waals surface area contributed by atoms with Crippen molar-refractivity contribution in [3.05, 3.63) is 12.2 Å². The summed E-state index contributed by atoms with van der Waals surface area (Å²) in [6, 6.07) is 0. The highest BCUT2D eigenvalue weighted by Gasteiger charge is 2.22. The summed E-state index contributed by atoms with van der Waals surface area (Å²) in [4.78, 5) is 57.0. The molecule has 5 N–H and O–H groups in total. The molecule has 0 aliphatic carbocycles. The van der Waals surface area contributed by atoms with Gasteiger partial charge in [0.1, 0.15) is 0 Å². The second-order valence-corrected chi connectivity index (χ2v) is 4.27. The topological polar surface area (TPSA) is 151 Å². The van der Waals surface area contributed by atoms with Gasteiger partial charge in [-0.1, -0.05) is 0 Å². The predicted octanol–water partition coefficient (Wildman–Crippen LogP) is -3.78. The molecule has 0 unspecified atom stereocenters. The highest BCUT2D eigenvalue weighted by Crippen LogP contribution is 2.01. The minimum absolute atomic E-state index is 0.0525. The van der Waals surface area contributed by atoms with Crippen molar-refractivity contribution in [3.8, 4) is 0 Å². The van der Waals surface area contributed by atoms with Crippen LogP contribution in [0, 0.1) is 0 Å². The number of nitrogens with one attached hydrogen (secondary N) is 3. The van der Waals surface area contributed by atoms with Crippen LogP contribution >= 0.6 is 0 Å². The number of hydrogen-bond donors (Lipinski definition) is 4. The van der Waals surface area contributed by atoms with Crippen LogP contribution in [0.4, 0.5) is 0 Å². The lowest BCUT2D eigenvalue weighted by molar-refractivity contribution is -0.137. The summed E-state index contributed by atoms with van der Waals surface area (Å²) in [5.74, 6) is -2.35. The van der Waals surface area contributed by atoms with Gasteiger partial charge in [0, 0.05) is 25.2 Å². The third-order valence-electron chi connectivity index (χ3n) is 2.64. The second-order valence-electron chi connectivity index (χ2n) is 4.27. The van der Waals surface area contributed by atoms with Gasteiger partial charge in [-0.05, 0) is 0 Å². The Balaban J connectivity index is 2.13. The van der Waals surface area contributed by atoms with Crippen molar-refractivity contribution in [2.45, 2.75) is 0 Å². The van der Waals surface area contributed by atoms with Crippen molar-refractivity contribution in [1.82, 2.24) is 20.9 Å². The zero-order chi connectivity index (χ0) is 16.5. The molecule has 0 bridgehead atoms. The Kier molecular flexibility index (Phi) is 6.70. The van der Waals surface area contributed by atoms with E-state index < -0.39 is 29.5 Å². The van der Waals surface area contributed by atoms with E-state index in [4.69, 9.17) is 5.73 Å². The first-order chi connectivity index (χ1) is 10.4. The zero-order valence-electron chi connectivity index (χ0n) is 11.8. The predicted molar refractivity (Wildman–Crippen MR) is 73.9 cm³/mol. The minimum Gasteiger partial charge on any atom is -0.353 e. The van der Waals surface area contributed by atoms with Crippen LogP contribution in [0.15, 0.2) is 12.2 Å². The van der Waals surface area contributed by atoms with E-state index in [1.807, 2.05) is 0 Å². The fourth-order valence-electron chi connectivity index (χ4n) is 1.51. The lowest BCUT2D eigenvalue weighted by atomic mass is 10.4. The number of carbonyl (C=O) groups is 5. The molecule has 1 rings (SSSR count). The Hall–Kier alpha value is -2.75. The molecule has 0 spiro atoms. The van der Waals surface area contributed by atoms with Gasteiger partial charge < -0.3 is 21.7 Å². The van der Waals surface area contributed by atoms with E-state index in [1.54, 1.807) is 0 Å². The average Bonchev–Trinajstić information content (AvgIpc) is 2.82. The van der Waals surface area contributed by atoms with Crippen LogP contribution < -0.4 is 21.7 Å². The van der Waals surface area contributed by atoms with Gasteiger partial charge in [0.25, 0.3) is 11.8 Å². The monoisotopic (exact) mass is 311 g/mol. The third-order valence-corrected chi connectivity index (χ3v) is 2.64. The number of rotatable bonds is 8. The van der Waals surface area contributed by atoms with Crippen LogP contribution in [0.5, 0.6) is 0 Å². The molecule has 1 aliphatic rings. The van der Waals surface area contributed by atoms with Crippen molar-refractivity contribution in [3.63, 3.8) is 0 Å². The fraction of sp³-hybridized carbons (Fsp3) is 0.417. The van der Waals surface area contributed by atoms with Gasteiger partial charge in [-0.15, -0.1) is 0 Å². The summed E-state index contributed by atoms with van der Waals surface area (Å²) in [7, 11) is 0. The molecule has 0 saturated heterocycles. The van der Waals surface area contributed by atoms with Gasteiger partial charge >= 0.3 is 0 Å². The zero-order valence-corrected chi connectivity index (χ0v) is 11.8. The summed E-state index contributed by atoms with van der Waals surface area (Å²) in [5.41, 5.74) is 5.04. The molecule has 0 fully saturated rings. The Labute approximate surface area is 126 Å². The van der Waals surface area contributed by atoms with E-state index in [2.05, 4.69) is 16.0 Å².